The molecule has 0 aliphatic heterocycles. The highest BCUT2D eigenvalue weighted by atomic mass is 16.5. The van der Waals surface area contributed by atoms with Gasteiger partial charge in [-0.25, -0.2) is 4.98 Å². The summed E-state index contributed by atoms with van der Waals surface area (Å²) in [7, 11) is 0. The van der Waals surface area contributed by atoms with Crippen LogP contribution in [-0.2, 0) is 20.8 Å². The Morgan fingerprint density at radius 2 is 1.55 bits per heavy atom. The molecule has 0 radical (unpaired) electrons. The number of aromatic nitrogens is 2. The molecule has 0 atom stereocenters. The predicted molar refractivity (Wildman–Crippen MR) is 79.1 cm³/mol. The standard InChI is InChI=1S/C15H28N2O3/c1-4-5-7-18-9-11-20-12-10-19-8-6-17-13-16-14(2)15(17)3/h13H,4-12H2,1-3H3. The second kappa shape index (κ2) is 10.8. The van der Waals surface area contributed by atoms with Gasteiger partial charge < -0.3 is 18.8 Å². The molecule has 1 heterocycles. The smallest absolute Gasteiger partial charge is 0.0952 e. The third-order valence-electron chi connectivity index (χ3n) is 3.21. The first-order valence-electron chi connectivity index (χ1n) is 7.47. The number of nitrogens with zero attached hydrogens (tertiary/aromatic N) is 2. The van der Waals surface area contributed by atoms with Crippen LogP contribution in [-0.4, -0.2) is 49.2 Å². The Morgan fingerprint density at radius 3 is 2.10 bits per heavy atom. The zero-order valence-corrected chi connectivity index (χ0v) is 13.1. The largest absolute Gasteiger partial charge is 0.379 e. The van der Waals surface area contributed by atoms with Crippen LogP contribution in [0, 0.1) is 13.8 Å². The normalized spacial score (nSPS) is 11.2. The van der Waals surface area contributed by atoms with Gasteiger partial charge in [0.05, 0.1) is 45.1 Å². The lowest BCUT2D eigenvalue weighted by atomic mass is 10.4. The highest BCUT2D eigenvalue weighted by Crippen LogP contribution is 2.03. The van der Waals surface area contributed by atoms with E-state index >= 15 is 0 Å². The second-order valence-corrected chi connectivity index (χ2v) is 4.80. The Kier molecular flexibility index (Phi) is 9.28. The molecule has 0 aliphatic rings. The lowest BCUT2D eigenvalue weighted by molar-refractivity contribution is 0.0127. The maximum absolute atomic E-state index is 5.53. The van der Waals surface area contributed by atoms with Crippen molar-refractivity contribution in [1.82, 2.24) is 9.55 Å². The van der Waals surface area contributed by atoms with Gasteiger partial charge in [0.15, 0.2) is 0 Å². The van der Waals surface area contributed by atoms with Gasteiger partial charge in [-0.3, -0.25) is 0 Å². The average Bonchev–Trinajstić information content (AvgIpc) is 2.76. The van der Waals surface area contributed by atoms with E-state index in [1.807, 2.05) is 13.3 Å². The first kappa shape index (κ1) is 17.1. The van der Waals surface area contributed by atoms with Crippen molar-refractivity contribution in [2.24, 2.45) is 0 Å². The molecule has 5 heteroatoms. The SMILES string of the molecule is CCCCOCCOCCOCCn1cnc(C)c1C. The molecule has 0 aromatic carbocycles. The van der Waals surface area contributed by atoms with Gasteiger partial charge in [-0.2, -0.15) is 0 Å². The number of hydrogen-bond donors (Lipinski definition) is 0. The van der Waals surface area contributed by atoms with Crippen molar-refractivity contribution in [1.29, 1.82) is 0 Å². The molecule has 1 aromatic rings. The maximum Gasteiger partial charge on any atom is 0.0952 e. The van der Waals surface area contributed by atoms with Crippen LogP contribution < -0.4 is 0 Å². The van der Waals surface area contributed by atoms with E-state index in [0.29, 0.717) is 33.0 Å². The summed E-state index contributed by atoms with van der Waals surface area (Å²) in [5.41, 5.74) is 2.28. The fourth-order valence-electron chi connectivity index (χ4n) is 1.72. The van der Waals surface area contributed by atoms with Crippen molar-refractivity contribution >= 4 is 0 Å². The molecule has 0 bridgehead atoms. The third kappa shape index (κ3) is 7.03. The Labute approximate surface area is 122 Å². The van der Waals surface area contributed by atoms with Crippen molar-refractivity contribution in [3.8, 4) is 0 Å². The minimum absolute atomic E-state index is 0.624. The summed E-state index contributed by atoms with van der Waals surface area (Å²) in [5.74, 6) is 0. The van der Waals surface area contributed by atoms with E-state index in [0.717, 1.165) is 25.3 Å². The molecule has 1 aromatic heterocycles. The van der Waals surface area contributed by atoms with E-state index in [9.17, 15) is 0 Å². The summed E-state index contributed by atoms with van der Waals surface area (Å²) in [4.78, 5) is 4.25. The molecule has 0 N–H and O–H groups in total. The van der Waals surface area contributed by atoms with E-state index in [1.54, 1.807) is 0 Å². The lowest BCUT2D eigenvalue weighted by Gasteiger charge is -2.08. The summed E-state index contributed by atoms with van der Waals surface area (Å²) in [5, 5.41) is 0. The molecule has 0 aliphatic carbocycles. The molecule has 0 saturated heterocycles. The number of hydrogen-bond acceptors (Lipinski definition) is 4. The third-order valence-corrected chi connectivity index (χ3v) is 3.21. The number of ether oxygens (including phenoxy) is 3. The Balaban J connectivity index is 1.87. The molecule has 116 valence electrons. The summed E-state index contributed by atoms with van der Waals surface area (Å²) in [6.45, 7) is 11.2. The second-order valence-electron chi connectivity index (χ2n) is 4.80. The van der Waals surface area contributed by atoms with Gasteiger partial charge in [0, 0.05) is 18.8 Å². The minimum atomic E-state index is 0.624. The molecule has 1 rings (SSSR count). The van der Waals surface area contributed by atoms with Crippen LogP contribution in [0.2, 0.25) is 0 Å². The van der Waals surface area contributed by atoms with Gasteiger partial charge in [0.1, 0.15) is 0 Å². The van der Waals surface area contributed by atoms with Crippen molar-refractivity contribution in [3.63, 3.8) is 0 Å². The van der Waals surface area contributed by atoms with Crippen LogP contribution in [0.5, 0.6) is 0 Å². The molecular formula is C15H28N2O3. The molecule has 0 unspecified atom stereocenters. The van der Waals surface area contributed by atoms with Crippen LogP contribution in [0.1, 0.15) is 31.2 Å². The van der Waals surface area contributed by atoms with E-state index in [-0.39, 0.29) is 0 Å². The monoisotopic (exact) mass is 284 g/mol. The zero-order valence-electron chi connectivity index (χ0n) is 13.1. The van der Waals surface area contributed by atoms with Gasteiger partial charge in [-0.05, 0) is 20.3 Å². The molecule has 0 spiro atoms. The summed E-state index contributed by atoms with van der Waals surface area (Å²) < 4.78 is 18.5. The fraction of sp³-hybridized carbons (Fsp3) is 0.800. The van der Waals surface area contributed by atoms with Crippen LogP contribution in [0.3, 0.4) is 0 Å². The molecule has 5 nitrogen and oxygen atoms in total. The topological polar surface area (TPSA) is 45.5 Å². The van der Waals surface area contributed by atoms with Crippen LogP contribution >= 0.6 is 0 Å². The number of aryl methyl sites for hydroxylation is 1. The number of imidazole rings is 1. The summed E-state index contributed by atoms with van der Waals surface area (Å²) >= 11 is 0. The van der Waals surface area contributed by atoms with Crippen molar-refractivity contribution in [3.05, 3.63) is 17.7 Å². The highest BCUT2D eigenvalue weighted by Gasteiger charge is 2.00. The number of unbranched alkanes of at least 4 members (excludes halogenated alkanes) is 1. The summed E-state index contributed by atoms with van der Waals surface area (Å²) in [6.07, 6.45) is 4.15. The van der Waals surface area contributed by atoms with Crippen LogP contribution in [0.25, 0.3) is 0 Å². The highest BCUT2D eigenvalue weighted by molar-refractivity contribution is 5.08. The summed E-state index contributed by atoms with van der Waals surface area (Å²) in [6, 6.07) is 0. The van der Waals surface area contributed by atoms with E-state index < -0.39 is 0 Å². The first-order valence-corrected chi connectivity index (χ1v) is 7.47. The van der Waals surface area contributed by atoms with Gasteiger partial charge in [0.2, 0.25) is 0 Å². The fourth-order valence-corrected chi connectivity index (χ4v) is 1.72. The van der Waals surface area contributed by atoms with Crippen molar-refractivity contribution < 1.29 is 14.2 Å². The van der Waals surface area contributed by atoms with Crippen LogP contribution in [0.15, 0.2) is 6.33 Å². The van der Waals surface area contributed by atoms with E-state index in [2.05, 4.69) is 23.4 Å². The van der Waals surface area contributed by atoms with E-state index in [1.165, 1.54) is 12.1 Å². The Bertz CT molecular complexity index is 353. The first-order chi connectivity index (χ1) is 9.75. The van der Waals surface area contributed by atoms with Gasteiger partial charge >= 0.3 is 0 Å². The molecule has 0 fully saturated rings. The van der Waals surface area contributed by atoms with Gasteiger partial charge in [-0.15, -0.1) is 0 Å². The quantitative estimate of drug-likeness (QED) is 0.553. The molecule has 20 heavy (non-hydrogen) atoms. The van der Waals surface area contributed by atoms with Gasteiger partial charge in [0.25, 0.3) is 0 Å². The zero-order chi connectivity index (χ0) is 14.6. The minimum Gasteiger partial charge on any atom is -0.379 e. The Morgan fingerprint density at radius 1 is 0.950 bits per heavy atom. The van der Waals surface area contributed by atoms with Crippen LogP contribution in [0.4, 0.5) is 0 Å². The Hall–Kier alpha value is -0.910. The van der Waals surface area contributed by atoms with Gasteiger partial charge in [-0.1, -0.05) is 13.3 Å². The van der Waals surface area contributed by atoms with Crippen molar-refractivity contribution in [2.75, 3.05) is 39.6 Å². The lowest BCUT2D eigenvalue weighted by Crippen LogP contribution is -2.12. The van der Waals surface area contributed by atoms with E-state index in [4.69, 9.17) is 14.2 Å². The molecule has 0 amide bonds. The molecule has 0 saturated carbocycles. The predicted octanol–water partition coefficient (Wildman–Crippen LogP) is 2.35. The maximum atomic E-state index is 5.53. The number of rotatable bonds is 12. The average molecular weight is 284 g/mol. The molecular weight excluding hydrogens is 256 g/mol. The van der Waals surface area contributed by atoms with Crippen molar-refractivity contribution in [2.45, 2.75) is 40.2 Å².